The van der Waals surface area contributed by atoms with E-state index < -0.39 is 0 Å². The summed E-state index contributed by atoms with van der Waals surface area (Å²) in [5, 5.41) is 13.3. The highest BCUT2D eigenvalue weighted by atomic mass is 16.5. The van der Waals surface area contributed by atoms with Crippen LogP contribution in [0.5, 0.6) is 11.5 Å². The lowest BCUT2D eigenvalue weighted by Gasteiger charge is -2.14. The topological polar surface area (TPSA) is 89.1 Å². The molecule has 7 nitrogen and oxygen atoms in total. The average molecular weight is 352 g/mol. The summed E-state index contributed by atoms with van der Waals surface area (Å²) in [6, 6.07) is 10.8. The molecule has 1 fully saturated rings. The molecule has 0 aliphatic heterocycles. The predicted octanol–water partition coefficient (Wildman–Crippen LogP) is 3.54. The third-order valence-electron chi connectivity index (χ3n) is 4.61. The first kappa shape index (κ1) is 16.4. The van der Waals surface area contributed by atoms with Gasteiger partial charge in [-0.15, -0.1) is 5.10 Å². The zero-order valence-corrected chi connectivity index (χ0v) is 14.5. The van der Waals surface area contributed by atoms with Gasteiger partial charge in [0.15, 0.2) is 0 Å². The van der Waals surface area contributed by atoms with E-state index in [1.54, 1.807) is 12.1 Å². The second-order valence-corrected chi connectivity index (χ2v) is 6.38. The van der Waals surface area contributed by atoms with Crippen molar-refractivity contribution in [1.82, 2.24) is 15.4 Å². The number of aromatic amines is 1. The number of anilines is 1. The smallest absolute Gasteiger partial charge is 0.259 e. The Bertz CT molecular complexity index is 914. The SMILES string of the molecule is COc1cc2nn[nH]c2cc1C(=O)Nc1ccc(OC2CCCC2)cc1. The van der Waals surface area contributed by atoms with Crippen molar-refractivity contribution in [1.29, 1.82) is 0 Å². The Morgan fingerprint density at radius 3 is 2.69 bits per heavy atom. The van der Waals surface area contributed by atoms with Crippen LogP contribution in [0, 0.1) is 0 Å². The molecule has 134 valence electrons. The summed E-state index contributed by atoms with van der Waals surface area (Å²) in [4.78, 5) is 12.6. The maximum absolute atomic E-state index is 12.6. The number of methoxy groups -OCH3 is 1. The Kier molecular flexibility index (Phi) is 4.43. The van der Waals surface area contributed by atoms with Gasteiger partial charge in [0.1, 0.15) is 17.0 Å². The fourth-order valence-electron chi connectivity index (χ4n) is 3.23. The number of rotatable bonds is 5. The van der Waals surface area contributed by atoms with Gasteiger partial charge in [0.05, 0.1) is 24.3 Å². The minimum absolute atomic E-state index is 0.261. The van der Waals surface area contributed by atoms with Gasteiger partial charge in [-0.1, -0.05) is 5.21 Å². The molecule has 1 aliphatic carbocycles. The van der Waals surface area contributed by atoms with Gasteiger partial charge in [-0.3, -0.25) is 9.89 Å². The Labute approximate surface area is 150 Å². The van der Waals surface area contributed by atoms with Gasteiger partial charge in [-0.05, 0) is 56.0 Å². The summed E-state index contributed by atoms with van der Waals surface area (Å²) in [6.45, 7) is 0. The van der Waals surface area contributed by atoms with Crippen molar-refractivity contribution in [2.45, 2.75) is 31.8 Å². The van der Waals surface area contributed by atoms with Crippen LogP contribution < -0.4 is 14.8 Å². The van der Waals surface area contributed by atoms with Crippen molar-refractivity contribution in [3.8, 4) is 11.5 Å². The van der Waals surface area contributed by atoms with E-state index in [0.717, 1.165) is 18.6 Å². The first-order valence-electron chi connectivity index (χ1n) is 8.70. The van der Waals surface area contributed by atoms with Crippen LogP contribution in [0.2, 0.25) is 0 Å². The summed E-state index contributed by atoms with van der Waals surface area (Å²) >= 11 is 0. The lowest BCUT2D eigenvalue weighted by atomic mass is 10.1. The Balaban J connectivity index is 1.49. The highest BCUT2D eigenvalue weighted by Gasteiger charge is 2.17. The van der Waals surface area contributed by atoms with Crippen LogP contribution in [-0.4, -0.2) is 34.5 Å². The van der Waals surface area contributed by atoms with E-state index in [2.05, 4.69) is 20.7 Å². The average Bonchev–Trinajstić information content (AvgIpc) is 3.33. The van der Waals surface area contributed by atoms with Gasteiger partial charge in [-0.2, -0.15) is 0 Å². The number of hydrogen-bond acceptors (Lipinski definition) is 5. The van der Waals surface area contributed by atoms with Crippen molar-refractivity contribution >= 4 is 22.6 Å². The van der Waals surface area contributed by atoms with Crippen LogP contribution in [0.1, 0.15) is 36.0 Å². The highest BCUT2D eigenvalue weighted by molar-refractivity contribution is 6.08. The number of nitrogens with one attached hydrogen (secondary N) is 2. The number of nitrogens with zero attached hydrogens (tertiary/aromatic N) is 2. The summed E-state index contributed by atoms with van der Waals surface area (Å²) in [6.07, 6.45) is 5.01. The second-order valence-electron chi connectivity index (χ2n) is 6.38. The van der Waals surface area contributed by atoms with E-state index in [4.69, 9.17) is 9.47 Å². The van der Waals surface area contributed by atoms with E-state index in [1.807, 2.05) is 24.3 Å². The van der Waals surface area contributed by atoms with E-state index >= 15 is 0 Å². The van der Waals surface area contributed by atoms with Crippen LogP contribution in [-0.2, 0) is 0 Å². The Hall–Kier alpha value is -3.09. The van der Waals surface area contributed by atoms with Crippen LogP contribution >= 0.6 is 0 Å². The Morgan fingerprint density at radius 2 is 1.96 bits per heavy atom. The molecule has 4 rings (SSSR count). The molecule has 1 amide bonds. The summed E-state index contributed by atoms with van der Waals surface area (Å²) in [7, 11) is 1.52. The molecule has 2 aromatic carbocycles. The highest BCUT2D eigenvalue weighted by Crippen LogP contribution is 2.27. The van der Waals surface area contributed by atoms with Gasteiger partial charge in [0.2, 0.25) is 0 Å². The van der Waals surface area contributed by atoms with Crippen LogP contribution in [0.3, 0.4) is 0 Å². The molecule has 0 spiro atoms. The first-order valence-corrected chi connectivity index (χ1v) is 8.70. The second kappa shape index (κ2) is 7.03. The number of carbonyl (C=O) groups excluding carboxylic acids is 1. The number of hydrogen-bond donors (Lipinski definition) is 2. The molecule has 3 aromatic rings. The molecule has 1 aliphatic rings. The third kappa shape index (κ3) is 3.33. The van der Waals surface area contributed by atoms with Gasteiger partial charge in [0.25, 0.3) is 5.91 Å². The molecular formula is C19H20N4O3. The molecule has 0 saturated heterocycles. The molecule has 1 heterocycles. The molecule has 1 saturated carbocycles. The molecule has 0 unspecified atom stereocenters. The summed E-state index contributed by atoms with van der Waals surface area (Å²) in [5.41, 5.74) is 2.43. The van der Waals surface area contributed by atoms with Crippen molar-refractivity contribution in [3.05, 3.63) is 42.0 Å². The van der Waals surface area contributed by atoms with Gasteiger partial charge >= 0.3 is 0 Å². The van der Waals surface area contributed by atoms with E-state index in [0.29, 0.717) is 34.1 Å². The van der Waals surface area contributed by atoms with Crippen LogP contribution in [0.15, 0.2) is 36.4 Å². The van der Waals surface area contributed by atoms with Gasteiger partial charge in [0, 0.05) is 11.8 Å². The predicted molar refractivity (Wildman–Crippen MR) is 97.7 cm³/mol. The fraction of sp³-hybridized carbons (Fsp3) is 0.316. The number of carbonyl (C=O) groups is 1. The monoisotopic (exact) mass is 352 g/mol. The minimum Gasteiger partial charge on any atom is -0.496 e. The largest absolute Gasteiger partial charge is 0.496 e. The van der Waals surface area contributed by atoms with Gasteiger partial charge < -0.3 is 14.8 Å². The van der Waals surface area contributed by atoms with E-state index in [9.17, 15) is 4.79 Å². The number of aromatic nitrogens is 3. The van der Waals surface area contributed by atoms with Crippen molar-refractivity contribution in [2.24, 2.45) is 0 Å². The van der Waals surface area contributed by atoms with E-state index in [-0.39, 0.29) is 5.91 Å². The lowest BCUT2D eigenvalue weighted by Crippen LogP contribution is -2.13. The van der Waals surface area contributed by atoms with Crippen LogP contribution in [0.25, 0.3) is 11.0 Å². The lowest BCUT2D eigenvalue weighted by molar-refractivity contribution is 0.102. The Morgan fingerprint density at radius 1 is 1.19 bits per heavy atom. The van der Waals surface area contributed by atoms with Crippen molar-refractivity contribution < 1.29 is 14.3 Å². The zero-order chi connectivity index (χ0) is 17.9. The third-order valence-corrected chi connectivity index (χ3v) is 4.61. The van der Waals surface area contributed by atoms with Crippen LogP contribution in [0.4, 0.5) is 5.69 Å². The molecule has 0 radical (unpaired) electrons. The van der Waals surface area contributed by atoms with Crippen molar-refractivity contribution in [2.75, 3.05) is 12.4 Å². The molecular weight excluding hydrogens is 332 g/mol. The molecule has 7 heteroatoms. The zero-order valence-electron chi connectivity index (χ0n) is 14.5. The maximum Gasteiger partial charge on any atom is 0.259 e. The molecule has 0 atom stereocenters. The first-order chi connectivity index (χ1) is 12.7. The minimum atomic E-state index is -0.261. The molecule has 2 N–H and O–H groups in total. The molecule has 1 aromatic heterocycles. The molecule has 26 heavy (non-hydrogen) atoms. The normalized spacial score (nSPS) is 14.5. The number of fused-ring (bicyclic) bond motifs is 1. The summed E-state index contributed by atoms with van der Waals surface area (Å²) in [5.74, 6) is 1.02. The van der Waals surface area contributed by atoms with E-state index in [1.165, 1.54) is 20.0 Å². The van der Waals surface area contributed by atoms with Gasteiger partial charge in [-0.25, -0.2) is 0 Å². The quantitative estimate of drug-likeness (QED) is 0.733. The standard InChI is InChI=1S/C19H20N4O3/c1-25-18-11-17-16(21-23-22-17)10-15(18)19(24)20-12-6-8-14(9-7-12)26-13-4-2-3-5-13/h6-11,13H,2-5H2,1H3,(H,20,24)(H,21,22,23). The van der Waals surface area contributed by atoms with Crippen molar-refractivity contribution in [3.63, 3.8) is 0 Å². The maximum atomic E-state index is 12.6. The fourth-order valence-corrected chi connectivity index (χ4v) is 3.23. The number of amides is 1. The number of H-pyrrole nitrogens is 1. The number of benzene rings is 2. The number of ether oxygens (including phenoxy) is 2. The molecule has 0 bridgehead atoms. The summed E-state index contributed by atoms with van der Waals surface area (Å²) < 4.78 is 11.3.